The Kier molecular flexibility index (Phi) is 3.95. The minimum atomic E-state index is -0.480. The number of nitrogens with zero attached hydrogens (tertiary/aromatic N) is 3. The predicted octanol–water partition coefficient (Wildman–Crippen LogP) is 1.43. The molecule has 0 amide bonds. The van der Waals surface area contributed by atoms with E-state index in [2.05, 4.69) is 4.98 Å². The Balaban J connectivity index is 2.34. The molecule has 6 heteroatoms. The molecule has 1 fully saturated rings. The van der Waals surface area contributed by atoms with Gasteiger partial charge in [-0.1, -0.05) is 0 Å². The predicted molar refractivity (Wildman–Crippen MR) is 61.7 cm³/mol. The van der Waals surface area contributed by atoms with E-state index in [-0.39, 0.29) is 12.6 Å². The van der Waals surface area contributed by atoms with Crippen LogP contribution in [-0.4, -0.2) is 29.2 Å². The lowest BCUT2D eigenvalue weighted by Gasteiger charge is -2.24. The minimum Gasteiger partial charge on any atom is -0.464 e. The van der Waals surface area contributed by atoms with Gasteiger partial charge in [0.2, 0.25) is 0 Å². The van der Waals surface area contributed by atoms with Crippen LogP contribution in [0.15, 0.2) is 6.33 Å². The second kappa shape index (κ2) is 5.65. The molecule has 0 radical (unpaired) electrons. The van der Waals surface area contributed by atoms with Crippen LogP contribution >= 0.6 is 0 Å². The Labute approximate surface area is 105 Å². The van der Waals surface area contributed by atoms with E-state index in [4.69, 9.17) is 14.7 Å². The number of methoxy groups -OCH3 is 1. The van der Waals surface area contributed by atoms with Gasteiger partial charge in [-0.25, -0.2) is 9.78 Å². The summed E-state index contributed by atoms with van der Waals surface area (Å²) < 4.78 is 12.0. The van der Waals surface area contributed by atoms with Crippen molar-refractivity contribution in [2.24, 2.45) is 0 Å². The van der Waals surface area contributed by atoms with Gasteiger partial charge in [-0.2, -0.15) is 5.26 Å². The third kappa shape index (κ3) is 2.36. The van der Waals surface area contributed by atoms with Gasteiger partial charge in [0.15, 0.2) is 5.69 Å². The fourth-order valence-electron chi connectivity index (χ4n) is 2.09. The molecule has 6 nitrogen and oxygen atoms in total. The Morgan fingerprint density at radius 1 is 1.72 bits per heavy atom. The number of aromatic nitrogens is 2. The fourth-order valence-corrected chi connectivity index (χ4v) is 2.09. The molecule has 1 aromatic rings. The lowest BCUT2D eigenvalue weighted by atomic mass is 10.1. The Bertz CT molecular complexity index is 469. The van der Waals surface area contributed by atoms with Crippen molar-refractivity contribution in [2.75, 3.05) is 13.7 Å². The monoisotopic (exact) mass is 249 g/mol. The first kappa shape index (κ1) is 12.6. The quantitative estimate of drug-likeness (QED) is 0.757. The molecule has 1 aliphatic heterocycles. The van der Waals surface area contributed by atoms with Crippen molar-refractivity contribution >= 4 is 5.97 Å². The largest absolute Gasteiger partial charge is 0.464 e. The maximum absolute atomic E-state index is 11.8. The normalized spacial score (nSPS) is 19.2. The van der Waals surface area contributed by atoms with Crippen molar-refractivity contribution in [3.8, 4) is 6.07 Å². The second-order valence-corrected chi connectivity index (χ2v) is 4.09. The van der Waals surface area contributed by atoms with Gasteiger partial charge in [0.25, 0.3) is 0 Å². The third-order valence-corrected chi connectivity index (χ3v) is 2.96. The molecular formula is C12H15N3O3. The summed E-state index contributed by atoms with van der Waals surface area (Å²) in [7, 11) is 1.32. The minimum absolute atomic E-state index is 0.0875. The van der Waals surface area contributed by atoms with Crippen LogP contribution in [0, 0.1) is 11.3 Å². The molecule has 1 aliphatic rings. The first-order chi connectivity index (χ1) is 8.77. The summed E-state index contributed by atoms with van der Waals surface area (Å²) in [6.45, 7) is 0.678. The van der Waals surface area contributed by atoms with Gasteiger partial charge in [0, 0.05) is 6.61 Å². The van der Waals surface area contributed by atoms with Crippen molar-refractivity contribution in [3.05, 3.63) is 17.7 Å². The summed E-state index contributed by atoms with van der Waals surface area (Å²) in [5, 5.41) is 8.74. The number of nitriles is 1. The van der Waals surface area contributed by atoms with Crippen molar-refractivity contribution in [3.63, 3.8) is 0 Å². The van der Waals surface area contributed by atoms with Gasteiger partial charge < -0.3 is 9.47 Å². The van der Waals surface area contributed by atoms with Gasteiger partial charge in [0.1, 0.15) is 6.23 Å². The molecule has 0 saturated carbocycles. The van der Waals surface area contributed by atoms with Gasteiger partial charge in [-0.15, -0.1) is 0 Å². The van der Waals surface area contributed by atoms with Crippen molar-refractivity contribution in [1.29, 1.82) is 5.26 Å². The summed E-state index contributed by atoms with van der Waals surface area (Å²) in [5.74, 6) is -0.480. The van der Waals surface area contributed by atoms with Crippen LogP contribution in [-0.2, 0) is 15.9 Å². The molecule has 2 heterocycles. The standard InChI is InChI=1S/C12H15N3O3/c1-17-12(16)11-9(5-6-13)14-8-15(11)10-4-2-3-7-18-10/h8,10H,2-5,7H2,1H3. The molecule has 0 N–H and O–H groups in total. The Hall–Kier alpha value is -1.87. The molecule has 1 unspecified atom stereocenters. The van der Waals surface area contributed by atoms with E-state index < -0.39 is 5.97 Å². The number of imidazole rings is 1. The highest BCUT2D eigenvalue weighted by atomic mass is 16.5. The summed E-state index contributed by atoms with van der Waals surface area (Å²) in [6, 6.07) is 2.00. The van der Waals surface area contributed by atoms with Crippen LogP contribution in [0.1, 0.15) is 41.7 Å². The first-order valence-corrected chi connectivity index (χ1v) is 5.90. The number of esters is 1. The molecule has 96 valence electrons. The summed E-state index contributed by atoms with van der Waals surface area (Å²) in [6.07, 6.45) is 4.37. The zero-order valence-electron chi connectivity index (χ0n) is 10.3. The molecule has 0 aromatic carbocycles. The zero-order valence-corrected chi connectivity index (χ0v) is 10.3. The highest BCUT2D eigenvalue weighted by molar-refractivity contribution is 5.89. The number of ether oxygens (including phenoxy) is 2. The maximum atomic E-state index is 11.8. The van der Waals surface area contributed by atoms with Gasteiger partial charge in [-0.05, 0) is 19.3 Å². The van der Waals surface area contributed by atoms with Crippen LogP contribution in [0.2, 0.25) is 0 Å². The summed E-state index contributed by atoms with van der Waals surface area (Å²) in [4.78, 5) is 15.9. The number of carbonyl (C=O) groups excluding carboxylic acids is 1. The van der Waals surface area contributed by atoms with Crippen LogP contribution < -0.4 is 0 Å². The number of hydrogen-bond donors (Lipinski definition) is 0. The number of rotatable bonds is 3. The maximum Gasteiger partial charge on any atom is 0.356 e. The Morgan fingerprint density at radius 2 is 2.56 bits per heavy atom. The van der Waals surface area contributed by atoms with Crippen LogP contribution in [0.4, 0.5) is 0 Å². The van der Waals surface area contributed by atoms with E-state index in [1.54, 1.807) is 10.9 Å². The van der Waals surface area contributed by atoms with E-state index in [1.807, 2.05) is 6.07 Å². The van der Waals surface area contributed by atoms with Crippen molar-refractivity contribution in [2.45, 2.75) is 31.9 Å². The zero-order chi connectivity index (χ0) is 13.0. The molecular weight excluding hydrogens is 234 g/mol. The van der Waals surface area contributed by atoms with E-state index in [0.717, 1.165) is 19.3 Å². The van der Waals surface area contributed by atoms with Crippen molar-refractivity contribution < 1.29 is 14.3 Å². The van der Waals surface area contributed by atoms with Gasteiger partial charge in [-0.3, -0.25) is 4.57 Å². The number of carbonyl (C=O) groups is 1. The molecule has 0 aliphatic carbocycles. The van der Waals surface area contributed by atoms with Crippen LogP contribution in [0.25, 0.3) is 0 Å². The lowest BCUT2D eigenvalue weighted by Crippen LogP contribution is -2.22. The highest BCUT2D eigenvalue weighted by Gasteiger charge is 2.25. The van der Waals surface area contributed by atoms with E-state index >= 15 is 0 Å². The van der Waals surface area contributed by atoms with Crippen LogP contribution in [0.5, 0.6) is 0 Å². The summed E-state index contributed by atoms with van der Waals surface area (Å²) in [5.41, 5.74) is 0.768. The van der Waals surface area contributed by atoms with Crippen LogP contribution in [0.3, 0.4) is 0 Å². The van der Waals surface area contributed by atoms with Gasteiger partial charge in [0.05, 0.1) is 31.6 Å². The van der Waals surface area contributed by atoms with Crippen molar-refractivity contribution in [1.82, 2.24) is 9.55 Å². The smallest absolute Gasteiger partial charge is 0.356 e. The van der Waals surface area contributed by atoms with E-state index in [9.17, 15) is 4.79 Å². The highest BCUT2D eigenvalue weighted by Crippen LogP contribution is 2.25. The second-order valence-electron chi connectivity index (χ2n) is 4.09. The number of hydrogen-bond acceptors (Lipinski definition) is 5. The Morgan fingerprint density at radius 3 is 3.17 bits per heavy atom. The van der Waals surface area contributed by atoms with E-state index in [0.29, 0.717) is 18.0 Å². The summed E-state index contributed by atoms with van der Waals surface area (Å²) >= 11 is 0. The fraction of sp³-hybridized carbons (Fsp3) is 0.583. The van der Waals surface area contributed by atoms with Gasteiger partial charge >= 0.3 is 5.97 Å². The molecule has 0 spiro atoms. The SMILES string of the molecule is COC(=O)c1c(CC#N)ncn1C1CCCCO1. The topological polar surface area (TPSA) is 77.1 Å². The third-order valence-electron chi connectivity index (χ3n) is 2.96. The molecule has 18 heavy (non-hydrogen) atoms. The average Bonchev–Trinajstić information content (AvgIpc) is 2.83. The lowest BCUT2D eigenvalue weighted by molar-refractivity contribution is -0.0340. The molecule has 1 saturated heterocycles. The average molecular weight is 249 g/mol. The first-order valence-electron chi connectivity index (χ1n) is 5.90. The van der Waals surface area contributed by atoms with E-state index in [1.165, 1.54) is 7.11 Å². The molecule has 1 atom stereocenters. The molecule has 2 rings (SSSR count). The molecule has 1 aromatic heterocycles. The molecule has 0 bridgehead atoms.